The van der Waals surface area contributed by atoms with Crippen LogP contribution in [0.2, 0.25) is 0 Å². The van der Waals surface area contributed by atoms with Crippen molar-refractivity contribution in [2.45, 2.75) is 18.9 Å². The van der Waals surface area contributed by atoms with Crippen LogP contribution in [0.3, 0.4) is 0 Å². The number of aromatic nitrogens is 1. The Balaban J connectivity index is 0.00000169. The maximum Gasteiger partial charge on any atom is 0.240 e. The van der Waals surface area contributed by atoms with Crippen molar-refractivity contribution in [2.75, 3.05) is 5.73 Å². The van der Waals surface area contributed by atoms with E-state index in [1.165, 1.54) is 6.20 Å². The lowest BCUT2D eigenvalue weighted by Crippen LogP contribution is -2.16. The molecule has 6 heteroatoms. The predicted octanol–water partition coefficient (Wildman–Crippen LogP) is 1.74. The van der Waals surface area contributed by atoms with Crippen LogP contribution >= 0.6 is 12.4 Å². The number of pyridine rings is 1. The first-order valence-corrected chi connectivity index (χ1v) is 3.85. The van der Waals surface area contributed by atoms with E-state index in [0.717, 1.165) is 0 Å². The molecular formula is C8H12ClF2N3. The molecule has 0 aromatic carbocycles. The molecule has 0 radical (unpaired) electrons. The van der Waals surface area contributed by atoms with Gasteiger partial charge >= 0.3 is 0 Å². The Morgan fingerprint density at radius 1 is 1.43 bits per heavy atom. The third kappa shape index (κ3) is 3.43. The molecule has 4 N–H and O–H groups in total. The Kier molecular flexibility index (Phi) is 5.34. The minimum absolute atomic E-state index is 0. The molecule has 0 bridgehead atoms. The van der Waals surface area contributed by atoms with Crippen LogP contribution in [0.25, 0.3) is 0 Å². The number of nitrogen functional groups attached to an aromatic ring is 1. The molecule has 0 saturated carbocycles. The second kappa shape index (κ2) is 5.72. The number of alkyl halides is 2. The number of nitrogens with two attached hydrogens (primary N) is 2. The molecule has 0 spiro atoms. The number of hydrogen-bond acceptors (Lipinski definition) is 3. The van der Waals surface area contributed by atoms with Crippen molar-refractivity contribution in [2.24, 2.45) is 5.73 Å². The molecule has 3 nitrogen and oxygen atoms in total. The highest BCUT2D eigenvalue weighted by atomic mass is 35.5. The molecular weight excluding hydrogens is 212 g/mol. The van der Waals surface area contributed by atoms with E-state index in [-0.39, 0.29) is 18.2 Å². The molecule has 0 unspecified atom stereocenters. The quantitative estimate of drug-likeness (QED) is 0.821. The summed E-state index contributed by atoms with van der Waals surface area (Å²) in [6.07, 6.45) is -1.32. The molecule has 1 aromatic rings. The normalized spacial score (nSPS) is 12.3. The monoisotopic (exact) mass is 223 g/mol. The highest BCUT2D eigenvalue weighted by molar-refractivity contribution is 5.85. The zero-order chi connectivity index (χ0) is 9.84. The van der Waals surface area contributed by atoms with Crippen molar-refractivity contribution in [1.82, 2.24) is 4.98 Å². The van der Waals surface area contributed by atoms with E-state index in [0.29, 0.717) is 5.56 Å². The fourth-order valence-electron chi connectivity index (χ4n) is 1.06. The number of nitrogens with zero attached hydrogens (tertiary/aromatic N) is 1. The smallest absolute Gasteiger partial charge is 0.240 e. The molecule has 1 heterocycles. The lowest BCUT2D eigenvalue weighted by molar-refractivity contribution is 0.128. The molecule has 80 valence electrons. The molecule has 1 aromatic heterocycles. The van der Waals surface area contributed by atoms with Crippen LogP contribution in [0.5, 0.6) is 0 Å². The Morgan fingerprint density at radius 2 is 2.07 bits per heavy atom. The minimum Gasteiger partial charge on any atom is -0.383 e. The van der Waals surface area contributed by atoms with Crippen molar-refractivity contribution in [3.8, 4) is 0 Å². The van der Waals surface area contributed by atoms with Gasteiger partial charge in [0.1, 0.15) is 5.82 Å². The van der Waals surface area contributed by atoms with Crippen LogP contribution in [0.1, 0.15) is 18.0 Å². The van der Waals surface area contributed by atoms with Gasteiger partial charge in [-0.3, -0.25) is 0 Å². The van der Waals surface area contributed by atoms with E-state index in [1.807, 2.05) is 0 Å². The number of halogens is 3. The van der Waals surface area contributed by atoms with Gasteiger partial charge in [-0.1, -0.05) is 6.07 Å². The van der Waals surface area contributed by atoms with Crippen LogP contribution < -0.4 is 11.5 Å². The van der Waals surface area contributed by atoms with Crippen molar-refractivity contribution in [3.05, 3.63) is 23.9 Å². The molecule has 0 amide bonds. The lowest BCUT2D eigenvalue weighted by Gasteiger charge is -2.12. The van der Waals surface area contributed by atoms with Crippen LogP contribution in [0.4, 0.5) is 14.6 Å². The van der Waals surface area contributed by atoms with Gasteiger partial charge < -0.3 is 11.5 Å². The van der Waals surface area contributed by atoms with Gasteiger partial charge in [0.2, 0.25) is 6.43 Å². The van der Waals surface area contributed by atoms with Gasteiger partial charge in [0.25, 0.3) is 0 Å². The maximum absolute atomic E-state index is 12.0. The molecule has 0 aliphatic heterocycles. The Labute approximate surface area is 86.9 Å². The highest BCUT2D eigenvalue weighted by Gasteiger charge is 2.14. The minimum atomic E-state index is -2.42. The average Bonchev–Trinajstić information content (AvgIpc) is 2.03. The second-order valence-corrected chi connectivity index (χ2v) is 2.71. The Hall–Kier alpha value is -0.940. The molecule has 0 saturated heterocycles. The van der Waals surface area contributed by atoms with Gasteiger partial charge in [-0.05, 0) is 6.07 Å². The topological polar surface area (TPSA) is 64.9 Å². The van der Waals surface area contributed by atoms with Crippen LogP contribution in [-0.4, -0.2) is 11.4 Å². The Morgan fingerprint density at radius 3 is 2.57 bits per heavy atom. The predicted molar refractivity (Wildman–Crippen MR) is 53.4 cm³/mol. The highest BCUT2D eigenvalue weighted by Crippen LogP contribution is 2.21. The fraction of sp³-hybridized carbons (Fsp3) is 0.375. The second-order valence-electron chi connectivity index (χ2n) is 2.71. The van der Waals surface area contributed by atoms with Crippen LogP contribution in [-0.2, 0) is 0 Å². The average molecular weight is 224 g/mol. The summed E-state index contributed by atoms with van der Waals surface area (Å²) in [5.74, 6) is 0.218. The summed E-state index contributed by atoms with van der Waals surface area (Å²) in [7, 11) is 0. The van der Waals surface area contributed by atoms with E-state index in [9.17, 15) is 8.78 Å². The molecule has 0 aliphatic carbocycles. The van der Waals surface area contributed by atoms with Crippen molar-refractivity contribution in [1.29, 1.82) is 0 Å². The van der Waals surface area contributed by atoms with E-state index in [2.05, 4.69) is 4.98 Å². The molecule has 14 heavy (non-hydrogen) atoms. The van der Waals surface area contributed by atoms with Gasteiger partial charge in [-0.2, -0.15) is 0 Å². The maximum atomic E-state index is 12.0. The summed E-state index contributed by atoms with van der Waals surface area (Å²) in [4.78, 5) is 3.76. The summed E-state index contributed by atoms with van der Waals surface area (Å²) in [5.41, 5.74) is 11.4. The molecule has 0 fully saturated rings. The number of hydrogen-bond donors (Lipinski definition) is 2. The zero-order valence-corrected chi connectivity index (χ0v) is 8.18. The summed E-state index contributed by atoms with van der Waals surface area (Å²) in [5, 5.41) is 0. The largest absolute Gasteiger partial charge is 0.383 e. The van der Waals surface area contributed by atoms with E-state index in [4.69, 9.17) is 11.5 Å². The summed E-state index contributed by atoms with van der Waals surface area (Å²) in [6.45, 7) is 0. The summed E-state index contributed by atoms with van der Waals surface area (Å²) in [6, 6.07) is 2.49. The first-order chi connectivity index (χ1) is 6.11. The van der Waals surface area contributed by atoms with E-state index < -0.39 is 18.9 Å². The first kappa shape index (κ1) is 13.1. The molecule has 1 atom stereocenters. The van der Waals surface area contributed by atoms with Gasteiger partial charge in [-0.15, -0.1) is 12.4 Å². The molecule has 1 rings (SSSR count). The van der Waals surface area contributed by atoms with E-state index in [1.54, 1.807) is 12.1 Å². The van der Waals surface area contributed by atoms with Gasteiger partial charge in [0.15, 0.2) is 0 Å². The number of anilines is 1. The third-order valence-electron chi connectivity index (χ3n) is 1.70. The van der Waals surface area contributed by atoms with Crippen molar-refractivity contribution < 1.29 is 8.78 Å². The van der Waals surface area contributed by atoms with E-state index >= 15 is 0 Å². The fourth-order valence-corrected chi connectivity index (χ4v) is 1.06. The summed E-state index contributed by atoms with van der Waals surface area (Å²) >= 11 is 0. The van der Waals surface area contributed by atoms with Gasteiger partial charge in [-0.25, -0.2) is 13.8 Å². The lowest BCUT2D eigenvalue weighted by atomic mass is 10.1. The van der Waals surface area contributed by atoms with Crippen molar-refractivity contribution >= 4 is 18.2 Å². The standard InChI is InChI=1S/C8H11F2N3.ClH/c9-7(10)4-6(11)5-2-1-3-13-8(5)12;/h1-3,6-7H,4,11H2,(H2,12,13);1H/t6-;/m0./s1. The molecule has 0 aliphatic rings. The van der Waals surface area contributed by atoms with Gasteiger partial charge in [0, 0.05) is 24.2 Å². The van der Waals surface area contributed by atoms with Crippen LogP contribution in [0.15, 0.2) is 18.3 Å². The third-order valence-corrected chi connectivity index (χ3v) is 1.70. The first-order valence-electron chi connectivity index (χ1n) is 3.85. The van der Waals surface area contributed by atoms with Crippen LogP contribution in [0, 0.1) is 0 Å². The number of rotatable bonds is 3. The van der Waals surface area contributed by atoms with Gasteiger partial charge in [0.05, 0.1) is 0 Å². The zero-order valence-electron chi connectivity index (χ0n) is 7.36. The SMILES string of the molecule is Cl.Nc1ncccc1[C@@H](N)CC(F)F. The van der Waals surface area contributed by atoms with Crippen molar-refractivity contribution in [3.63, 3.8) is 0 Å². The summed E-state index contributed by atoms with van der Waals surface area (Å²) < 4.78 is 23.9. The Bertz CT molecular complexity index is 283.